The second-order valence-corrected chi connectivity index (χ2v) is 6.51. The summed E-state index contributed by atoms with van der Waals surface area (Å²) in [7, 11) is 0. The first-order valence-corrected chi connectivity index (χ1v) is 6.85. The van der Waals surface area contributed by atoms with Gasteiger partial charge in [0.05, 0.1) is 6.10 Å². The highest BCUT2D eigenvalue weighted by molar-refractivity contribution is 5.31. The van der Waals surface area contributed by atoms with Gasteiger partial charge in [-0.3, -0.25) is 4.90 Å². The molecular formula is C16H25NO. The molecule has 0 bridgehead atoms. The van der Waals surface area contributed by atoms with Crippen LogP contribution in [0.5, 0.6) is 0 Å². The molecule has 1 saturated heterocycles. The fraction of sp³-hybridized carbons (Fsp3) is 0.625. The third-order valence-electron chi connectivity index (χ3n) is 4.10. The molecule has 1 fully saturated rings. The summed E-state index contributed by atoms with van der Waals surface area (Å²) in [5.74, 6) is 0. The summed E-state index contributed by atoms with van der Waals surface area (Å²) in [6, 6.07) is 6.26. The molecule has 0 aromatic heterocycles. The molecule has 1 atom stereocenters. The van der Waals surface area contributed by atoms with E-state index in [4.69, 9.17) is 0 Å². The smallest absolute Gasteiger partial charge is 0.0917 e. The molecule has 18 heavy (non-hydrogen) atoms. The second-order valence-electron chi connectivity index (χ2n) is 6.51. The van der Waals surface area contributed by atoms with Gasteiger partial charge >= 0.3 is 0 Å². The fourth-order valence-electron chi connectivity index (χ4n) is 2.70. The molecule has 1 aliphatic heterocycles. The van der Waals surface area contributed by atoms with Crippen LogP contribution in [0.4, 0.5) is 0 Å². The number of likely N-dealkylation sites (tertiary alicyclic amines) is 1. The minimum Gasteiger partial charge on any atom is -0.387 e. The molecule has 100 valence electrons. The zero-order chi connectivity index (χ0) is 13.3. The Labute approximate surface area is 111 Å². The maximum atomic E-state index is 10.3. The molecule has 2 heteroatoms. The van der Waals surface area contributed by atoms with Gasteiger partial charge in [0.2, 0.25) is 0 Å². The molecule has 1 aliphatic rings. The van der Waals surface area contributed by atoms with Gasteiger partial charge in [-0.15, -0.1) is 0 Å². The molecule has 1 unspecified atom stereocenters. The Balaban J connectivity index is 1.99. The lowest BCUT2D eigenvalue weighted by molar-refractivity contribution is 0.121. The van der Waals surface area contributed by atoms with E-state index < -0.39 is 0 Å². The summed E-state index contributed by atoms with van der Waals surface area (Å²) in [5, 5.41) is 10.3. The maximum absolute atomic E-state index is 10.3. The van der Waals surface area contributed by atoms with Crippen LogP contribution >= 0.6 is 0 Å². The van der Waals surface area contributed by atoms with E-state index >= 15 is 0 Å². The van der Waals surface area contributed by atoms with Crippen LogP contribution in [-0.2, 0) is 0 Å². The van der Waals surface area contributed by atoms with Crippen LogP contribution in [0, 0.1) is 19.3 Å². The summed E-state index contributed by atoms with van der Waals surface area (Å²) < 4.78 is 0. The van der Waals surface area contributed by atoms with Crippen molar-refractivity contribution in [3.63, 3.8) is 0 Å². The molecule has 0 aliphatic carbocycles. The molecule has 1 aromatic carbocycles. The predicted octanol–water partition coefficient (Wildman–Crippen LogP) is 3.07. The van der Waals surface area contributed by atoms with Crippen molar-refractivity contribution in [1.29, 1.82) is 0 Å². The maximum Gasteiger partial charge on any atom is 0.0917 e. The van der Waals surface area contributed by atoms with Crippen LogP contribution in [-0.4, -0.2) is 29.6 Å². The van der Waals surface area contributed by atoms with Crippen molar-refractivity contribution in [3.8, 4) is 0 Å². The monoisotopic (exact) mass is 247 g/mol. The fourth-order valence-corrected chi connectivity index (χ4v) is 2.70. The van der Waals surface area contributed by atoms with Crippen LogP contribution < -0.4 is 0 Å². The van der Waals surface area contributed by atoms with E-state index in [0.717, 1.165) is 25.2 Å². The largest absolute Gasteiger partial charge is 0.387 e. The molecule has 0 saturated carbocycles. The molecule has 0 amide bonds. The predicted molar refractivity (Wildman–Crippen MR) is 75.7 cm³/mol. The lowest BCUT2D eigenvalue weighted by atomic mass is 9.93. The lowest BCUT2D eigenvalue weighted by Crippen LogP contribution is -2.28. The number of hydrogen-bond acceptors (Lipinski definition) is 2. The third-order valence-corrected chi connectivity index (χ3v) is 4.10. The zero-order valence-electron chi connectivity index (χ0n) is 12.0. The van der Waals surface area contributed by atoms with Gasteiger partial charge in [0.15, 0.2) is 0 Å². The van der Waals surface area contributed by atoms with Crippen molar-refractivity contribution in [2.75, 3.05) is 19.6 Å². The van der Waals surface area contributed by atoms with E-state index in [0.29, 0.717) is 5.41 Å². The topological polar surface area (TPSA) is 23.5 Å². The number of β-amino-alcohol motifs (C(OH)–C–C–N with tert-alkyl or cyclic N) is 1. The first-order valence-electron chi connectivity index (χ1n) is 6.85. The van der Waals surface area contributed by atoms with Gasteiger partial charge in [-0.1, -0.05) is 32.0 Å². The number of nitrogens with zero attached hydrogens (tertiary/aromatic N) is 1. The quantitative estimate of drug-likeness (QED) is 0.887. The number of benzene rings is 1. The standard InChI is InChI=1S/C16H25NO/c1-12-5-6-14(9-13(12)2)15(18)10-17-8-7-16(3,4)11-17/h5-6,9,15,18H,7-8,10-11H2,1-4H3. The van der Waals surface area contributed by atoms with E-state index in [1.54, 1.807) is 0 Å². The lowest BCUT2D eigenvalue weighted by Gasteiger charge is -2.22. The Bertz CT molecular complexity index is 425. The van der Waals surface area contributed by atoms with Gasteiger partial charge in [0, 0.05) is 13.1 Å². The van der Waals surface area contributed by atoms with Crippen LogP contribution in [0.25, 0.3) is 0 Å². The number of aliphatic hydroxyl groups is 1. The zero-order valence-corrected chi connectivity index (χ0v) is 12.0. The van der Waals surface area contributed by atoms with Crippen molar-refractivity contribution < 1.29 is 5.11 Å². The third kappa shape index (κ3) is 3.12. The minimum atomic E-state index is -0.363. The normalized spacial score (nSPS) is 21.2. The van der Waals surface area contributed by atoms with Gasteiger partial charge in [0.1, 0.15) is 0 Å². The molecule has 0 spiro atoms. The second kappa shape index (κ2) is 5.02. The summed E-state index contributed by atoms with van der Waals surface area (Å²) >= 11 is 0. The van der Waals surface area contributed by atoms with Gasteiger partial charge in [0.25, 0.3) is 0 Å². The van der Waals surface area contributed by atoms with Crippen LogP contribution in [0.2, 0.25) is 0 Å². The van der Waals surface area contributed by atoms with Crippen molar-refractivity contribution in [2.45, 2.75) is 40.2 Å². The van der Waals surface area contributed by atoms with Crippen LogP contribution in [0.15, 0.2) is 18.2 Å². The van der Waals surface area contributed by atoms with E-state index in [1.807, 2.05) is 6.07 Å². The van der Waals surface area contributed by atoms with Crippen molar-refractivity contribution in [2.24, 2.45) is 5.41 Å². The number of aryl methyl sites for hydroxylation is 2. The Hall–Kier alpha value is -0.860. The van der Waals surface area contributed by atoms with Gasteiger partial charge in [-0.2, -0.15) is 0 Å². The van der Waals surface area contributed by atoms with Crippen molar-refractivity contribution in [3.05, 3.63) is 34.9 Å². The van der Waals surface area contributed by atoms with E-state index in [9.17, 15) is 5.11 Å². The highest BCUT2D eigenvalue weighted by Gasteiger charge is 2.30. The summed E-state index contributed by atoms with van der Waals surface area (Å²) in [5.41, 5.74) is 3.99. The average molecular weight is 247 g/mol. The number of aliphatic hydroxyl groups excluding tert-OH is 1. The van der Waals surface area contributed by atoms with Gasteiger partial charge in [-0.05, 0) is 48.9 Å². The molecular weight excluding hydrogens is 222 g/mol. The summed E-state index contributed by atoms with van der Waals surface area (Å²) in [6.45, 7) is 11.8. The average Bonchev–Trinajstić information content (AvgIpc) is 2.62. The summed E-state index contributed by atoms with van der Waals surface area (Å²) in [6.07, 6.45) is 0.866. The molecule has 0 radical (unpaired) electrons. The Morgan fingerprint density at radius 3 is 2.56 bits per heavy atom. The van der Waals surface area contributed by atoms with Gasteiger partial charge in [-0.25, -0.2) is 0 Å². The van der Waals surface area contributed by atoms with Crippen LogP contribution in [0.1, 0.15) is 43.1 Å². The first-order chi connectivity index (χ1) is 8.37. The Morgan fingerprint density at radius 2 is 2.00 bits per heavy atom. The molecule has 1 heterocycles. The van der Waals surface area contributed by atoms with E-state index in [-0.39, 0.29) is 6.10 Å². The highest BCUT2D eigenvalue weighted by atomic mass is 16.3. The Morgan fingerprint density at radius 1 is 1.28 bits per heavy atom. The number of hydrogen-bond donors (Lipinski definition) is 1. The highest BCUT2D eigenvalue weighted by Crippen LogP contribution is 2.30. The van der Waals surface area contributed by atoms with Gasteiger partial charge < -0.3 is 5.11 Å². The molecule has 1 aromatic rings. The van der Waals surface area contributed by atoms with Crippen molar-refractivity contribution in [1.82, 2.24) is 4.90 Å². The number of rotatable bonds is 3. The minimum absolute atomic E-state index is 0.363. The van der Waals surface area contributed by atoms with Crippen LogP contribution in [0.3, 0.4) is 0 Å². The van der Waals surface area contributed by atoms with E-state index in [2.05, 4.69) is 44.7 Å². The van der Waals surface area contributed by atoms with E-state index in [1.165, 1.54) is 17.5 Å². The summed E-state index contributed by atoms with van der Waals surface area (Å²) in [4.78, 5) is 2.37. The van der Waals surface area contributed by atoms with Crippen molar-refractivity contribution >= 4 is 0 Å². The molecule has 2 rings (SSSR count). The first kappa shape index (κ1) is 13.6. The molecule has 2 nitrogen and oxygen atoms in total. The SMILES string of the molecule is Cc1ccc(C(O)CN2CCC(C)(C)C2)cc1C. The Kier molecular flexibility index (Phi) is 3.79. The molecule has 1 N–H and O–H groups in total.